The van der Waals surface area contributed by atoms with E-state index in [4.69, 9.17) is 14.1 Å². The van der Waals surface area contributed by atoms with Gasteiger partial charge in [-0.05, 0) is 67.4 Å². The Morgan fingerprint density at radius 1 is 1.15 bits per heavy atom. The second kappa shape index (κ2) is 9.36. The number of carbonyl (C=O) groups is 1. The lowest BCUT2D eigenvalue weighted by Crippen LogP contribution is -2.31. The summed E-state index contributed by atoms with van der Waals surface area (Å²) in [4.78, 5) is 19.6. The number of benzene rings is 2. The summed E-state index contributed by atoms with van der Waals surface area (Å²) >= 11 is 1.41. The zero-order valence-electron chi connectivity index (χ0n) is 18.6. The minimum Gasteiger partial charge on any atom is -0.497 e. The van der Waals surface area contributed by atoms with Gasteiger partial charge in [0.05, 0.1) is 40.8 Å². The van der Waals surface area contributed by atoms with Gasteiger partial charge in [0.2, 0.25) is 5.91 Å². The number of rotatable bonds is 8. The molecule has 33 heavy (non-hydrogen) atoms. The van der Waals surface area contributed by atoms with E-state index in [2.05, 4.69) is 0 Å². The fourth-order valence-electron chi connectivity index (χ4n) is 3.55. The zero-order chi connectivity index (χ0) is 23.6. The lowest BCUT2D eigenvalue weighted by molar-refractivity contribution is -0.118. The van der Waals surface area contributed by atoms with E-state index in [-0.39, 0.29) is 29.5 Å². The molecule has 0 radical (unpaired) electrons. The van der Waals surface area contributed by atoms with Crippen molar-refractivity contribution < 1.29 is 22.4 Å². The Morgan fingerprint density at radius 3 is 2.58 bits per heavy atom. The summed E-state index contributed by atoms with van der Waals surface area (Å²) in [7, 11) is -2.12. The van der Waals surface area contributed by atoms with E-state index in [0.717, 1.165) is 21.3 Å². The number of nitrogens with zero attached hydrogens (tertiary/aromatic N) is 2. The first-order valence-corrected chi connectivity index (χ1v) is 12.8. The van der Waals surface area contributed by atoms with Crippen LogP contribution in [0.5, 0.6) is 5.75 Å². The van der Waals surface area contributed by atoms with E-state index < -0.39 is 9.84 Å². The zero-order valence-corrected chi connectivity index (χ0v) is 20.2. The molecule has 0 N–H and O–H groups in total. The van der Waals surface area contributed by atoms with Crippen molar-refractivity contribution in [3.05, 3.63) is 71.7 Å². The van der Waals surface area contributed by atoms with Gasteiger partial charge in [0.15, 0.2) is 15.0 Å². The van der Waals surface area contributed by atoms with Crippen LogP contribution in [-0.2, 0) is 21.2 Å². The molecule has 172 valence electrons. The number of ether oxygens (including phenoxy) is 1. The summed E-state index contributed by atoms with van der Waals surface area (Å²) in [6.45, 7) is 4.17. The molecular formula is C24H24N2O5S2. The minimum atomic E-state index is -3.64. The topological polar surface area (TPSA) is 89.7 Å². The highest BCUT2D eigenvalue weighted by molar-refractivity contribution is 7.91. The highest BCUT2D eigenvalue weighted by atomic mass is 32.2. The van der Waals surface area contributed by atoms with Crippen LogP contribution in [0.1, 0.15) is 23.3 Å². The summed E-state index contributed by atoms with van der Waals surface area (Å²) in [5, 5.41) is 0.516. The second-order valence-corrected chi connectivity index (χ2v) is 10.8. The molecule has 4 aromatic rings. The molecule has 7 nitrogen and oxygen atoms in total. The molecule has 0 saturated heterocycles. The molecule has 0 spiro atoms. The summed E-state index contributed by atoms with van der Waals surface area (Å²) in [6, 6.07) is 13.7. The number of anilines is 1. The van der Waals surface area contributed by atoms with E-state index in [9.17, 15) is 13.2 Å². The maximum absolute atomic E-state index is 13.2. The number of carbonyl (C=O) groups excluding carboxylic acids is 1. The molecule has 2 heterocycles. The van der Waals surface area contributed by atoms with E-state index in [1.165, 1.54) is 41.7 Å². The maximum Gasteiger partial charge on any atom is 0.230 e. The predicted octanol–water partition coefficient (Wildman–Crippen LogP) is 4.91. The van der Waals surface area contributed by atoms with Gasteiger partial charge in [-0.15, -0.1) is 0 Å². The van der Waals surface area contributed by atoms with Crippen molar-refractivity contribution in [1.29, 1.82) is 0 Å². The van der Waals surface area contributed by atoms with Gasteiger partial charge in [-0.2, -0.15) is 0 Å². The third-order valence-corrected chi connectivity index (χ3v) is 8.01. The average molecular weight is 485 g/mol. The fraction of sp³-hybridized carbons (Fsp3) is 0.250. The Labute approximate surface area is 196 Å². The van der Waals surface area contributed by atoms with Crippen molar-refractivity contribution in [3.63, 3.8) is 0 Å². The van der Waals surface area contributed by atoms with Crippen LogP contribution in [0, 0.1) is 13.8 Å². The van der Waals surface area contributed by atoms with Gasteiger partial charge in [-0.3, -0.25) is 9.69 Å². The normalized spacial score (nSPS) is 11.6. The molecule has 0 fully saturated rings. The molecule has 0 aliphatic carbocycles. The lowest BCUT2D eigenvalue weighted by atomic mass is 10.1. The summed E-state index contributed by atoms with van der Waals surface area (Å²) in [5.41, 5.74) is 2.98. The number of sulfone groups is 1. The smallest absolute Gasteiger partial charge is 0.230 e. The van der Waals surface area contributed by atoms with Gasteiger partial charge < -0.3 is 9.15 Å². The van der Waals surface area contributed by atoms with Gasteiger partial charge in [0.25, 0.3) is 0 Å². The van der Waals surface area contributed by atoms with Crippen molar-refractivity contribution in [2.24, 2.45) is 0 Å². The molecule has 0 aliphatic heterocycles. The highest BCUT2D eigenvalue weighted by Crippen LogP contribution is 2.33. The van der Waals surface area contributed by atoms with Gasteiger partial charge in [0, 0.05) is 6.42 Å². The van der Waals surface area contributed by atoms with Gasteiger partial charge >= 0.3 is 0 Å². The molecule has 0 unspecified atom stereocenters. The van der Waals surface area contributed by atoms with Crippen molar-refractivity contribution >= 4 is 42.4 Å². The number of thiazole rings is 1. The average Bonchev–Trinajstić information content (AvgIpc) is 3.46. The summed E-state index contributed by atoms with van der Waals surface area (Å²) < 4.78 is 37.1. The Hall–Kier alpha value is -3.17. The van der Waals surface area contributed by atoms with Crippen molar-refractivity contribution in [2.45, 2.75) is 31.7 Å². The number of hydrogen-bond acceptors (Lipinski definition) is 7. The number of aryl methyl sites for hydroxylation is 2. The highest BCUT2D eigenvalue weighted by Gasteiger charge is 2.24. The Morgan fingerprint density at radius 2 is 1.91 bits per heavy atom. The molecule has 0 bridgehead atoms. The Kier molecular flexibility index (Phi) is 6.53. The second-order valence-electron chi connectivity index (χ2n) is 7.73. The number of hydrogen-bond donors (Lipinski definition) is 0. The van der Waals surface area contributed by atoms with Crippen LogP contribution < -0.4 is 9.64 Å². The van der Waals surface area contributed by atoms with Crippen LogP contribution in [0.2, 0.25) is 0 Å². The van der Waals surface area contributed by atoms with E-state index in [1.54, 1.807) is 24.3 Å². The third kappa shape index (κ3) is 5.09. The van der Waals surface area contributed by atoms with Crippen LogP contribution in [0.15, 0.2) is 64.1 Å². The maximum atomic E-state index is 13.2. The largest absolute Gasteiger partial charge is 0.497 e. The Balaban J connectivity index is 1.59. The number of furan rings is 1. The fourth-order valence-corrected chi connectivity index (χ4v) is 5.94. The monoisotopic (exact) mass is 484 g/mol. The van der Waals surface area contributed by atoms with Crippen LogP contribution >= 0.6 is 11.3 Å². The van der Waals surface area contributed by atoms with Crippen molar-refractivity contribution in [3.8, 4) is 5.75 Å². The van der Waals surface area contributed by atoms with Crippen LogP contribution in [0.25, 0.3) is 10.2 Å². The molecule has 9 heteroatoms. The SMILES string of the molecule is COc1ccc(S(=O)(=O)CCC(=O)N(Cc2ccco2)c2nc3c(C)cc(C)cc3s2)cc1. The van der Waals surface area contributed by atoms with E-state index >= 15 is 0 Å². The summed E-state index contributed by atoms with van der Waals surface area (Å²) in [5.74, 6) is 0.511. The molecule has 0 saturated carbocycles. The summed E-state index contributed by atoms with van der Waals surface area (Å²) in [6.07, 6.45) is 1.36. The van der Waals surface area contributed by atoms with Gasteiger partial charge in [-0.25, -0.2) is 13.4 Å². The molecule has 1 amide bonds. The van der Waals surface area contributed by atoms with Crippen LogP contribution in [0.4, 0.5) is 5.13 Å². The molecular weight excluding hydrogens is 460 g/mol. The first-order valence-electron chi connectivity index (χ1n) is 10.3. The van der Waals surface area contributed by atoms with Crippen molar-refractivity contribution in [2.75, 3.05) is 17.8 Å². The van der Waals surface area contributed by atoms with Gasteiger partial charge in [0.1, 0.15) is 11.5 Å². The Bertz CT molecular complexity index is 1370. The minimum absolute atomic E-state index is 0.153. The van der Waals surface area contributed by atoms with E-state index in [0.29, 0.717) is 16.6 Å². The predicted molar refractivity (Wildman–Crippen MR) is 129 cm³/mol. The van der Waals surface area contributed by atoms with Crippen molar-refractivity contribution in [1.82, 2.24) is 4.98 Å². The third-order valence-electron chi connectivity index (χ3n) is 5.25. The number of fused-ring (bicyclic) bond motifs is 1. The first-order chi connectivity index (χ1) is 15.8. The molecule has 2 aromatic carbocycles. The lowest BCUT2D eigenvalue weighted by Gasteiger charge is -2.18. The van der Waals surface area contributed by atoms with Crippen LogP contribution in [-0.4, -0.2) is 32.2 Å². The standard InChI is InChI=1S/C24H24N2O5S2/c1-16-13-17(2)23-21(14-16)32-24(25-23)26(15-19-5-4-11-31-19)22(27)10-12-33(28,29)20-8-6-18(30-3)7-9-20/h4-9,11,13-14H,10,12,15H2,1-3H3. The number of aromatic nitrogens is 1. The molecule has 2 aromatic heterocycles. The molecule has 0 aliphatic rings. The first kappa shape index (κ1) is 23.0. The number of amides is 1. The molecule has 4 rings (SSSR count). The van der Waals surface area contributed by atoms with Gasteiger partial charge in [-0.1, -0.05) is 17.4 Å². The number of methoxy groups -OCH3 is 1. The quantitative estimate of drug-likeness (QED) is 0.353. The molecule has 0 atom stereocenters. The van der Waals surface area contributed by atoms with E-state index in [1.807, 2.05) is 26.0 Å². The van der Waals surface area contributed by atoms with Crippen LogP contribution in [0.3, 0.4) is 0 Å².